The van der Waals surface area contributed by atoms with Crippen molar-refractivity contribution in [3.63, 3.8) is 0 Å². The molecule has 0 atom stereocenters. The summed E-state index contributed by atoms with van der Waals surface area (Å²) >= 11 is 0. The van der Waals surface area contributed by atoms with Crippen LogP contribution in [0.25, 0.3) is 0 Å². The number of nitrogen functional groups attached to an aromatic ring is 1. The zero-order chi connectivity index (χ0) is 10.3. The second-order valence-corrected chi connectivity index (χ2v) is 4.44. The molecule has 0 amide bonds. The molecule has 0 aromatic carbocycles. The van der Waals surface area contributed by atoms with E-state index in [2.05, 4.69) is 14.9 Å². The lowest BCUT2D eigenvalue weighted by Crippen LogP contribution is -2.31. The van der Waals surface area contributed by atoms with Crippen LogP contribution in [0.4, 0.5) is 11.6 Å². The molecule has 1 aliphatic carbocycles. The molecule has 2 N–H and O–H groups in total. The van der Waals surface area contributed by atoms with Crippen molar-refractivity contribution in [3.8, 4) is 0 Å². The molecule has 0 saturated heterocycles. The number of rotatable bonds is 1. The van der Waals surface area contributed by atoms with Gasteiger partial charge in [0.1, 0.15) is 18.0 Å². The van der Waals surface area contributed by atoms with Crippen molar-refractivity contribution in [3.05, 3.63) is 11.9 Å². The monoisotopic (exact) mass is 204 g/mol. The van der Waals surface area contributed by atoms with E-state index in [9.17, 15) is 0 Å². The molecular weight excluding hydrogens is 188 g/mol. The largest absolute Gasteiger partial charge is 0.383 e. The van der Waals surface area contributed by atoms with Crippen molar-refractivity contribution in [1.82, 2.24) is 9.97 Å². The molecule has 0 radical (unpaired) electrons. The number of fused-ring (bicyclic) bond motifs is 1. The highest BCUT2D eigenvalue weighted by Crippen LogP contribution is 2.34. The predicted molar refractivity (Wildman–Crippen MR) is 59.8 cm³/mol. The summed E-state index contributed by atoms with van der Waals surface area (Å²) in [6.07, 6.45) is 7.93. The van der Waals surface area contributed by atoms with Gasteiger partial charge in [0.2, 0.25) is 0 Å². The lowest BCUT2D eigenvalue weighted by atomic mass is 10.2. The Morgan fingerprint density at radius 2 is 2.07 bits per heavy atom. The molecule has 1 aromatic heterocycles. The first-order valence-corrected chi connectivity index (χ1v) is 5.72. The van der Waals surface area contributed by atoms with Crippen molar-refractivity contribution in [1.29, 1.82) is 0 Å². The summed E-state index contributed by atoms with van der Waals surface area (Å²) in [5.74, 6) is 1.76. The minimum atomic E-state index is 0.667. The van der Waals surface area contributed by atoms with Crippen LogP contribution in [0, 0.1) is 0 Å². The summed E-state index contributed by atoms with van der Waals surface area (Å²) in [5.41, 5.74) is 7.01. The van der Waals surface area contributed by atoms with Gasteiger partial charge in [-0.1, -0.05) is 12.8 Å². The highest BCUT2D eigenvalue weighted by atomic mass is 15.2. The van der Waals surface area contributed by atoms with Gasteiger partial charge in [0, 0.05) is 18.2 Å². The molecule has 4 heteroatoms. The predicted octanol–water partition coefficient (Wildman–Crippen LogP) is 1.36. The molecule has 1 aromatic rings. The molecule has 0 bridgehead atoms. The number of nitrogens with two attached hydrogens (primary N) is 1. The van der Waals surface area contributed by atoms with Crippen molar-refractivity contribution in [2.45, 2.75) is 38.1 Å². The van der Waals surface area contributed by atoms with Crippen LogP contribution >= 0.6 is 0 Å². The molecule has 80 valence electrons. The third-order valence-electron chi connectivity index (χ3n) is 3.60. The Morgan fingerprint density at radius 3 is 2.87 bits per heavy atom. The van der Waals surface area contributed by atoms with Crippen LogP contribution < -0.4 is 10.6 Å². The number of hydrogen-bond donors (Lipinski definition) is 1. The van der Waals surface area contributed by atoms with Crippen LogP contribution in [0.15, 0.2) is 6.33 Å². The first-order chi connectivity index (χ1) is 7.36. The Morgan fingerprint density at radius 1 is 1.27 bits per heavy atom. The van der Waals surface area contributed by atoms with Crippen molar-refractivity contribution in [2.24, 2.45) is 0 Å². The Kier molecular flexibility index (Phi) is 2.01. The number of anilines is 2. The zero-order valence-electron chi connectivity index (χ0n) is 8.82. The fourth-order valence-corrected chi connectivity index (χ4v) is 2.81. The summed E-state index contributed by atoms with van der Waals surface area (Å²) in [6, 6.07) is 0.695. The van der Waals surface area contributed by atoms with E-state index in [4.69, 9.17) is 5.73 Å². The van der Waals surface area contributed by atoms with Gasteiger partial charge in [-0.15, -0.1) is 0 Å². The normalized spacial score (nSPS) is 20.9. The van der Waals surface area contributed by atoms with E-state index in [1.165, 1.54) is 25.7 Å². The molecule has 15 heavy (non-hydrogen) atoms. The highest BCUT2D eigenvalue weighted by molar-refractivity contribution is 5.61. The maximum atomic E-state index is 5.86. The lowest BCUT2D eigenvalue weighted by Gasteiger charge is -2.25. The maximum Gasteiger partial charge on any atom is 0.137 e. The Hall–Kier alpha value is -1.32. The third-order valence-corrected chi connectivity index (χ3v) is 3.60. The first-order valence-electron chi connectivity index (χ1n) is 5.72. The molecule has 2 heterocycles. The molecule has 1 saturated carbocycles. The molecule has 1 aliphatic heterocycles. The average molecular weight is 204 g/mol. The fourth-order valence-electron chi connectivity index (χ4n) is 2.81. The van der Waals surface area contributed by atoms with Gasteiger partial charge in [0.05, 0.1) is 0 Å². The molecule has 0 unspecified atom stereocenters. The lowest BCUT2D eigenvalue weighted by molar-refractivity contribution is 0.620. The minimum Gasteiger partial charge on any atom is -0.383 e. The van der Waals surface area contributed by atoms with E-state index in [0.29, 0.717) is 11.9 Å². The third kappa shape index (κ3) is 1.35. The molecule has 4 nitrogen and oxygen atoms in total. The summed E-state index contributed by atoms with van der Waals surface area (Å²) in [5, 5.41) is 0. The highest BCUT2D eigenvalue weighted by Gasteiger charge is 2.30. The van der Waals surface area contributed by atoms with Gasteiger partial charge >= 0.3 is 0 Å². The maximum absolute atomic E-state index is 5.86. The first kappa shape index (κ1) is 8.95. The van der Waals surface area contributed by atoms with Gasteiger partial charge in [-0.2, -0.15) is 0 Å². The standard InChI is InChI=1S/C11H16N4/c12-10-9-5-6-15(8-3-1-2-4-8)11(9)14-7-13-10/h7-8H,1-6H2,(H2,12,13,14). The van der Waals surface area contributed by atoms with Gasteiger partial charge in [-0.05, 0) is 19.3 Å². The van der Waals surface area contributed by atoms with E-state index in [0.717, 1.165) is 24.3 Å². The van der Waals surface area contributed by atoms with E-state index in [1.54, 1.807) is 6.33 Å². The molecule has 0 spiro atoms. The second kappa shape index (κ2) is 3.36. The number of nitrogens with zero attached hydrogens (tertiary/aromatic N) is 3. The zero-order valence-corrected chi connectivity index (χ0v) is 8.82. The Bertz CT molecular complexity index is 371. The van der Waals surface area contributed by atoms with Gasteiger partial charge in [0.25, 0.3) is 0 Å². The Labute approximate surface area is 89.5 Å². The van der Waals surface area contributed by atoms with E-state index in [-0.39, 0.29) is 0 Å². The van der Waals surface area contributed by atoms with Crippen molar-refractivity contribution < 1.29 is 0 Å². The summed E-state index contributed by atoms with van der Waals surface area (Å²) in [6.45, 7) is 1.07. The summed E-state index contributed by atoms with van der Waals surface area (Å²) in [7, 11) is 0. The van der Waals surface area contributed by atoms with Crippen LogP contribution in [-0.4, -0.2) is 22.6 Å². The molecule has 3 rings (SSSR count). The molecular formula is C11H16N4. The summed E-state index contributed by atoms with van der Waals surface area (Å²) < 4.78 is 0. The minimum absolute atomic E-state index is 0.667. The quantitative estimate of drug-likeness (QED) is 0.750. The average Bonchev–Trinajstić information content (AvgIpc) is 2.85. The van der Waals surface area contributed by atoms with Gasteiger partial charge in [0.15, 0.2) is 0 Å². The van der Waals surface area contributed by atoms with Crippen LogP contribution in [0.1, 0.15) is 31.2 Å². The van der Waals surface area contributed by atoms with Gasteiger partial charge < -0.3 is 10.6 Å². The van der Waals surface area contributed by atoms with Crippen LogP contribution in [0.5, 0.6) is 0 Å². The van der Waals surface area contributed by atoms with Crippen molar-refractivity contribution >= 4 is 11.6 Å². The SMILES string of the molecule is Nc1ncnc2c1CCN2C1CCCC1. The van der Waals surface area contributed by atoms with E-state index in [1.807, 2.05) is 0 Å². The molecule has 1 fully saturated rings. The van der Waals surface area contributed by atoms with Crippen LogP contribution in [0.3, 0.4) is 0 Å². The topological polar surface area (TPSA) is 55.0 Å². The number of hydrogen-bond acceptors (Lipinski definition) is 4. The molecule has 2 aliphatic rings. The van der Waals surface area contributed by atoms with Crippen molar-refractivity contribution in [2.75, 3.05) is 17.2 Å². The fraction of sp³-hybridized carbons (Fsp3) is 0.636. The van der Waals surface area contributed by atoms with Gasteiger partial charge in [-0.25, -0.2) is 9.97 Å². The number of aromatic nitrogens is 2. The summed E-state index contributed by atoms with van der Waals surface area (Å²) in [4.78, 5) is 10.9. The van der Waals surface area contributed by atoms with Crippen LogP contribution in [0.2, 0.25) is 0 Å². The Balaban J connectivity index is 1.94. The smallest absolute Gasteiger partial charge is 0.137 e. The van der Waals surface area contributed by atoms with Crippen LogP contribution in [-0.2, 0) is 6.42 Å². The second-order valence-electron chi connectivity index (χ2n) is 4.44. The van der Waals surface area contributed by atoms with E-state index < -0.39 is 0 Å². The van der Waals surface area contributed by atoms with E-state index >= 15 is 0 Å². The van der Waals surface area contributed by atoms with Gasteiger partial charge in [-0.3, -0.25) is 0 Å².